The smallest absolute Gasteiger partial charge is 0.119 e. The van der Waals surface area contributed by atoms with Crippen LogP contribution in [0.15, 0.2) is 36.7 Å². The highest BCUT2D eigenvalue weighted by molar-refractivity contribution is 5.29. The molecule has 1 aromatic carbocycles. The van der Waals surface area contributed by atoms with E-state index in [9.17, 15) is 0 Å². The minimum atomic E-state index is -0.0393. The summed E-state index contributed by atoms with van der Waals surface area (Å²) in [6, 6.07) is 7.98. The molecule has 1 aromatic heterocycles. The molecule has 1 unspecified atom stereocenters. The van der Waals surface area contributed by atoms with Gasteiger partial charge in [-0.15, -0.1) is 0 Å². The van der Waals surface area contributed by atoms with Crippen LogP contribution in [-0.2, 0) is 13.0 Å². The number of ether oxygens (including phenoxy) is 1. The van der Waals surface area contributed by atoms with Gasteiger partial charge in [0.1, 0.15) is 11.6 Å². The summed E-state index contributed by atoms with van der Waals surface area (Å²) in [7, 11) is 0. The van der Waals surface area contributed by atoms with Crippen molar-refractivity contribution in [2.75, 3.05) is 0 Å². The maximum Gasteiger partial charge on any atom is 0.119 e. The summed E-state index contributed by atoms with van der Waals surface area (Å²) in [6.45, 7) is 6.88. The van der Waals surface area contributed by atoms with E-state index < -0.39 is 0 Å². The van der Waals surface area contributed by atoms with Crippen molar-refractivity contribution in [3.8, 4) is 5.75 Å². The summed E-state index contributed by atoms with van der Waals surface area (Å²) < 4.78 is 7.75. The van der Waals surface area contributed by atoms with Crippen LogP contribution in [0.4, 0.5) is 0 Å². The van der Waals surface area contributed by atoms with Gasteiger partial charge < -0.3 is 15.0 Å². The van der Waals surface area contributed by atoms with Crippen molar-refractivity contribution in [2.24, 2.45) is 5.73 Å². The van der Waals surface area contributed by atoms with E-state index in [1.165, 1.54) is 0 Å². The molecule has 0 saturated heterocycles. The van der Waals surface area contributed by atoms with E-state index in [1.54, 1.807) is 0 Å². The Morgan fingerprint density at radius 3 is 2.55 bits per heavy atom. The fourth-order valence-corrected chi connectivity index (χ4v) is 2.20. The van der Waals surface area contributed by atoms with Gasteiger partial charge in [-0.2, -0.15) is 0 Å². The summed E-state index contributed by atoms with van der Waals surface area (Å²) in [4.78, 5) is 4.32. The molecule has 0 fully saturated rings. The van der Waals surface area contributed by atoms with E-state index in [4.69, 9.17) is 10.5 Å². The van der Waals surface area contributed by atoms with Crippen LogP contribution in [0.2, 0.25) is 0 Å². The van der Waals surface area contributed by atoms with Crippen LogP contribution in [0.5, 0.6) is 5.75 Å². The maximum absolute atomic E-state index is 6.27. The van der Waals surface area contributed by atoms with Crippen LogP contribution in [0, 0.1) is 0 Å². The van der Waals surface area contributed by atoms with Gasteiger partial charge in [-0.3, -0.25) is 0 Å². The fourth-order valence-electron chi connectivity index (χ4n) is 2.20. The van der Waals surface area contributed by atoms with Crippen LogP contribution >= 0.6 is 0 Å². The SMILES string of the molecule is CCc1nccn1CC(N)c1ccc(OC(C)C)cc1. The zero-order chi connectivity index (χ0) is 14.5. The van der Waals surface area contributed by atoms with Crippen molar-refractivity contribution >= 4 is 0 Å². The van der Waals surface area contributed by atoms with Crippen molar-refractivity contribution in [2.45, 2.75) is 45.9 Å². The molecule has 1 heterocycles. The number of hydrogen-bond donors (Lipinski definition) is 1. The predicted octanol–water partition coefficient (Wildman–Crippen LogP) is 2.93. The van der Waals surface area contributed by atoms with Gasteiger partial charge in [-0.1, -0.05) is 19.1 Å². The third kappa shape index (κ3) is 3.61. The van der Waals surface area contributed by atoms with Gasteiger partial charge in [0.2, 0.25) is 0 Å². The number of hydrogen-bond acceptors (Lipinski definition) is 3. The van der Waals surface area contributed by atoms with E-state index in [1.807, 2.05) is 50.5 Å². The minimum Gasteiger partial charge on any atom is -0.491 e. The lowest BCUT2D eigenvalue weighted by atomic mass is 10.1. The first-order chi connectivity index (χ1) is 9.60. The van der Waals surface area contributed by atoms with Gasteiger partial charge in [0.25, 0.3) is 0 Å². The molecule has 2 N–H and O–H groups in total. The summed E-state index contributed by atoms with van der Waals surface area (Å²) in [6.07, 6.45) is 4.91. The van der Waals surface area contributed by atoms with Crippen molar-refractivity contribution in [3.63, 3.8) is 0 Å². The summed E-state index contributed by atoms with van der Waals surface area (Å²) in [5, 5.41) is 0. The molecule has 0 radical (unpaired) electrons. The van der Waals surface area contributed by atoms with Crippen LogP contribution in [0.25, 0.3) is 0 Å². The van der Waals surface area contributed by atoms with Gasteiger partial charge in [0.15, 0.2) is 0 Å². The zero-order valence-electron chi connectivity index (χ0n) is 12.4. The molecular formula is C16H23N3O. The minimum absolute atomic E-state index is 0.0393. The van der Waals surface area contributed by atoms with E-state index in [0.29, 0.717) is 0 Å². The fraction of sp³-hybridized carbons (Fsp3) is 0.438. The molecule has 0 amide bonds. The van der Waals surface area contributed by atoms with E-state index in [-0.39, 0.29) is 12.1 Å². The van der Waals surface area contributed by atoms with E-state index >= 15 is 0 Å². The Balaban J connectivity index is 2.04. The average molecular weight is 273 g/mol. The van der Waals surface area contributed by atoms with Crippen molar-refractivity contribution in [1.29, 1.82) is 0 Å². The Morgan fingerprint density at radius 1 is 1.25 bits per heavy atom. The largest absolute Gasteiger partial charge is 0.491 e. The number of benzene rings is 1. The second-order valence-corrected chi connectivity index (χ2v) is 5.19. The number of nitrogens with two attached hydrogens (primary N) is 1. The first kappa shape index (κ1) is 14.6. The quantitative estimate of drug-likeness (QED) is 0.880. The Morgan fingerprint density at radius 2 is 1.95 bits per heavy atom. The number of imidazole rings is 1. The van der Waals surface area contributed by atoms with Gasteiger partial charge in [0, 0.05) is 31.4 Å². The molecule has 2 rings (SSSR count). The summed E-state index contributed by atoms with van der Waals surface area (Å²) >= 11 is 0. The molecule has 1 atom stereocenters. The standard InChI is InChI=1S/C16H23N3O/c1-4-16-18-9-10-19(16)11-15(17)13-5-7-14(8-6-13)20-12(2)3/h5-10,12,15H,4,11,17H2,1-3H3. The first-order valence-electron chi connectivity index (χ1n) is 7.12. The highest BCUT2D eigenvalue weighted by atomic mass is 16.5. The number of aryl methyl sites for hydroxylation is 1. The molecular weight excluding hydrogens is 250 g/mol. The lowest BCUT2D eigenvalue weighted by Crippen LogP contribution is -2.18. The number of rotatable bonds is 6. The summed E-state index contributed by atoms with van der Waals surface area (Å²) in [5.41, 5.74) is 7.38. The molecule has 4 nitrogen and oxygen atoms in total. The Kier molecular flexibility index (Phi) is 4.79. The Bertz CT molecular complexity index is 531. The molecule has 0 spiro atoms. The lowest BCUT2D eigenvalue weighted by molar-refractivity contribution is 0.242. The molecule has 20 heavy (non-hydrogen) atoms. The molecule has 0 aliphatic rings. The van der Waals surface area contributed by atoms with Gasteiger partial charge in [-0.25, -0.2) is 4.98 Å². The second kappa shape index (κ2) is 6.57. The van der Waals surface area contributed by atoms with Crippen LogP contribution in [-0.4, -0.2) is 15.7 Å². The Hall–Kier alpha value is -1.81. The van der Waals surface area contributed by atoms with Crippen molar-refractivity contribution < 1.29 is 4.74 Å². The zero-order valence-corrected chi connectivity index (χ0v) is 12.4. The van der Waals surface area contributed by atoms with Crippen LogP contribution in [0.3, 0.4) is 0 Å². The topological polar surface area (TPSA) is 53.1 Å². The molecule has 2 aromatic rings. The average Bonchev–Trinajstić information content (AvgIpc) is 2.86. The monoisotopic (exact) mass is 273 g/mol. The van der Waals surface area contributed by atoms with Crippen LogP contribution in [0.1, 0.15) is 38.2 Å². The molecule has 0 aliphatic heterocycles. The highest BCUT2D eigenvalue weighted by Crippen LogP contribution is 2.19. The van der Waals surface area contributed by atoms with Crippen molar-refractivity contribution in [1.82, 2.24) is 9.55 Å². The molecule has 4 heteroatoms. The second-order valence-electron chi connectivity index (χ2n) is 5.19. The van der Waals surface area contributed by atoms with E-state index in [2.05, 4.69) is 16.5 Å². The van der Waals surface area contributed by atoms with Crippen molar-refractivity contribution in [3.05, 3.63) is 48.0 Å². The molecule has 0 saturated carbocycles. The van der Waals surface area contributed by atoms with Gasteiger partial charge in [-0.05, 0) is 31.5 Å². The van der Waals surface area contributed by atoms with Gasteiger partial charge in [0.05, 0.1) is 6.10 Å². The third-order valence-corrected chi connectivity index (χ3v) is 3.19. The predicted molar refractivity (Wildman–Crippen MR) is 80.7 cm³/mol. The Labute approximate surface area is 120 Å². The molecule has 0 bridgehead atoms. The number of aromatic nitrogens is 2. The first-order valence-corrected chi connectivity index (χ1v) is 7.12. The van der Waals surface area contributed by atoms with Gasteiger partial charge >= 0.3 is 0 Å². The lowest BCUT2D eigenvalue weighted by Gasteiger charge is -2.16. The normalized spacial score (nSPS) is 12.7. The third-order valence-electron chi connectivity index (χ3n) is 3.19. The molecule has 0 aliphatic carbocycles. The maximum atomic E-state index is 6.27. The number of nitrogens with zero attached hydrogens (tertiary/aromatic N) is 2. The van der Waals surface area contributed by atoms with E-state index in [0.717, 1.165) is 30.1 Å². The van der Waals surface area contributed by atoms with Crippen LogP contribution < -0.4 is 10.5 Å². The highest BCUT2D eigenvalue weighted by Gasteiger charge is 2.09. The molecule has 108 valence electrons. The summed E-state index contributed by atoms with van der Waals surface area (Å²) in [5.74, 6) is 1.95.